The molecule has 0 radical (unpaired) electrons. The molecule has 3 heteroatoms. The highest BCUT2D eigenvalue weighted by Crippen LogP contribution is 2.41. The minimum Gasteiger partial charge on any atom is -0.320 e. The zero-order valence-corrected chi connectivity index (χ0v) is 13.9. The van der Waals surface area contributed by atoms with Gasteiger partial charge in [-0.1, -0.05) is 48.5 Å². The number of hydrogen-bond donors (Lipinski definition) is 0. The average Bonchev–Trinajstić information content (AvgIpc) is 2.21. The van der Waals surface area contributed by atoms with Crippen molar-refractivity contribution in [2.75, 3.05) is 20.1 Å². The molecular weight excluding hydrogens is 236 g/mol. The molecule has 0 fully saturated rings. The third kappa shape index (κ3) is 3.31. The normalized spacial score (nSPS) is 18.4. The van der Waals surface area contributed by atoms with Crippen LogP contribution in [0.4, 0.5) is 4.79 Å². The second-order valence-corrected chi connectivity index (χ2v) is 7.59. The third-order valence-corrected chi connectivity index (χ3v) is 3.64. The molecule has 1 rings (SSSR count). The standard InChI is InChI=1S/C16H30N2O/c1-9-10-18-11-12(15(2,3)4)13(16(5,6)7)17(8)14(18)19/h9-11H2,1-8H3. The first kappa shape index (κ1) is 16.1. The van der Waals surface area contributed by atoms with Crippen LogP contribution >= 0.6 is 0 Å². The Hall–Kier alpha value is -0.990. The Morgan fingerprint density at radius 2 is 1.58 bits per heavy atom. The molecule has 2 amide bonds. The molecule has 0 aromatic rings. The molecule has 0 N–H and O–H groups in total. The summed E-state index contributed by atoms with van der Waals surface area (Å²) in [5, 5.41) is 0. The van der Waals surface area contributed by atoms with Gasteiger partial charge in [-0.15, -0.1) is 0 Å². The van der Waals surface area contributed by atoms with Crippen molar-refractivity contribution in [1.82, 2.24) is 9.80 Å². The molecule has 0 aromatic carbocycles. The van der Waals surface area contributed by atoms with Crippen LogP contribution in [0.25, 0.3) is 0 Å². The van der Waals surface area contributed by atoms with E-state index in [4.69, 9.17) is 0 Å². The summed E-state index contributed by atoms with van der Waals surface area (Å²) in [4.78, 5) is 16.3. The molecule has 0 atom stereocenters. The van der Waals surface area contributed by atoms with Gasteiger partial charge in [0.15, 0.2) is 0 Å². The molecule has 0 unspecified atom stereocenters. The molecule has 1 aliphatic heterocycles. The fourth-order valence-electron chi connectivity index (χ4n) is 2.84. The van der Waals surface area contributed by atoms with Crippen LogP contribution in [-0.4, -0.2) is 36.0 Å². The maximum atomic E-state index is 12.5. The molecule has 0 aromatic heterocycles. The first-order valence-electron chi connectivity index (χ1n) is 7.27. The van der Waals surface area contributed by atoms with Gasteiger partial charge in [0.2, 0.25) is 0 Å². The van der Waals surface area contributed by atoms with Crippen molar-refractivity contribution in [3.8, 4) is 0 Å². The van der Waals surface area contributed by atoms with Gasteiger partial charge in [-0.05, 0) is 17.4 Å². The van der Waals surface area contributed by atoms with Gasteiger partial charge in [0, 0.05) is 31.2 Å². The van der Waals surface area contributed by atoms with E-state index in [2.05, 4.69) is 48.5 Å². The Morgan fingerprint density at radius 1 is 1.05 bits per heavy atom. The van der Waals surface area contributed by atoms with Gasteiger partial charge in [0.05, 0.1) is 0 Å². The first-order valence-corrected chi connectivity index (χ1v) is 7.27. The highest BCUT2D eigenvalue weighted by atomic mass is 16.2. The number of nitrogens with zero attached hydrogens (tertiary/aromatic N) is 2. The molecule has 1 aliphatic rings. The summed E-state index contributed by atoms with van der Waals surface area (Å²) in [6.07, 6.45) is 1.00. The summed E-state index contributed by atoms with van der Waals surface area (Å²) in [7, 11) is 1.91. The van der Waals surface area contributed by atoms with Crippen LogP contribution in [0.15, 0.2) is 11.3 Å². The summed E-state index contributed by atoms with van der Waals surface area (Å²) in [6.45, 7) is 17.0. The highest BCUT2D eigenvalue weighted by molar-refractivity contribution is 5.78. The minimum absolute atomic E-state index is 0.00860. The lowest BCUT2D eigenvalue weighted by Gasteiger charge is -2.45. The number of hydrogen-bond acceptors (Lipinski definition) is 1. The molecule has 0 bridgehead atoms. The van der Waals surface area contributed by atoms with Crippen molar-refractivity contribution in [2.24, 2.45) is 10.8 Å². The number of carbonyl (C=O) groups excluding carboxylic acids is 1. The van der Waals surface area contributed by atoms with Crippen LogP contribution in [0.1, 0.15) is 54.9 Å². The molecule has 110 valence electrons. The van der Waals surface area contributed by atoms with E-state index in [-0.39, 0.29) is 16.9 Å². The summed E-state index contributed by atoms with van der Waals surface area (Å²) in [5.41, 5.74) is 2.66. The summed E-state index contributed by atoms with van der Waals surface area (Å²) < 4.78 is 0. The topological polar surface area (TPSA) is 23.6 Å². The van der Waals surface area contributed by atoms with Gasteiger partial charge >= 0.3 is 6.03 Å². The monoisotopic (exact) mass is 266 g/mol. The summed E-state index contributed by atoms with van der Waals surface area (Å²) in [6, 6.07) is 0.139. The second kappa shape index (κ2) is 5.18. The number of urea groups is 1. The van der Waals surface area contributed by atoms with Crippen LogP contribution in [0.3, 0.4) is 0 Å². The van der Waals surface area contributed by atoms with Gasteiger partial charge in [-0.25, -0.2) is 4.79 Å². The SMILES string of the molecule is CCCN1CC(C(C)(C)C)=C(C(C)(C)C)N(C)C1=O. The Kier molecular flexibility index (Phi) is 4.38. The van der Waals surface area contributed by atoms with E-state index >= 15 is 0 Å². The zero-order chi connectivity index (χ0) is 15.0. The van der Waals surface area contributed by atoms with Gasteiger partial charge in [-0.3, -0.25) is 0 Å². The molecule has 0 saturated carbocycles. The lowest BCUT2D eigenvalue weighted by Crippen LogP contribution is -2.51. The smallest absolute Gasteiger partial charge is 0.320 e. The average molecular weight is 266 g/mol. The van der Waals surface area contributed by atoms with E-state index in [0.29, 0.717) is 0 Å². The van der Waals surface area contributed by atoms with Crippen molar-refractivity contribution in [1.29, 1.82) is 0 Å². The lowest BCUT2D eigenvalue weighted by atomic mass is 9.77. The van der Waals surface area contributed by atoms with Crippen molar-refractivity contribution >= 4 is 6.03 Å². The predicted octanol–water partition coefficient (Wildman–Crippen LogP) is 4.11. The fraction of sp³-hybridized carbons (Fsp3) is 0.812. The van der Waals surface area contributed by atoms with E-state index in [1.165, 1.54) is 11.3 Å². The van der Waals surface area contributed by atoms with Gasteiger partial charge < -0.3 is 9.80 Å². The second-order valence-electron chi connectivity index (χ2n) is 7.59. The molecule has 1 heterocycles. The predicted molar refractivity (Wildman–Crippen MR) is 81.0 cm³/mol. The van der Waals surface area contributed by atoms with Crippen molar-refractivity contribution < 1.29 is 4.79 Å². The quantitative estimate of drug-likeness (QED) is 0.738. The summed E-state index contributed by atoms with van der Waals surface area (Å²) >= 11 is 0. The maximum Gasteiger partial charge on any atom is 0.324 e. The number of allylic oxidation sites excluding steroid dienone is 1. The van der Waals surface area contributed by atoms with Crippen molar-refractivity contribution in [3.63, 3.8) is 0 Å². The molecular formula is C16H30N2O. The lowest BCUT2D eigenvalue weighted by molar-refractivity contribution is 0.150. The van der Waals surface area contributed by atoms with Gasteiger partial charge in [-0.2, -0.15) is 0 Å². The first-order chi connectivity index (χ1) is 8.50. The molecule has 3 nitrogen and oxygen atoms in total. The van der Waals surface area contributed by atoms with E-state index in [1.54, 1.807) is 0 Å². The van der Waals surface area contributed by atoms with Crippen LogP contribution in [0.5, 0.6) is 0 Å². The Labute approximate surface area is 118 Å². The summed E-state index contributed by atoms with van der Waals surface area (Å²) in [5.74, 6) is 0. The fourth-order valence-corrected chi connectivity index (χ4v) is 2.84. The van der Waals surface area contributed by atoms with E-state index in [9.17, 15) is 4.79 Å². The minimum atomic E-state index is -0.00860. The third-order valence-electron chi connectivity index (χ3n) is 3.64. The Morgan fingerprint density at radius 3 is 1.95 bits per heavy atom. The van der Waals surface area contributed by atoms with Crippen molar-refractivity contribution in [3.05, 3.63) is 11.3 Å². The highest BCUT2D eigenvalue weighted by Gasteiger charge is 2.38. The number of amides is 2. The van der Waals surface area contributed by atoms with Crippen molar-refractivity contribution in [2.45, 2.75) is 54.9 Å². The number of carbonyl (C=O) groups is 1. The Bertz CT molecular complexity index is 383. The van der Waals surface area contributed by atoms with Crippen LogP contribution in [0.2, 0.25) is 0 Å². The van der Waals surface area contributed by atoms with Crippen LogP contribution in [0, 0.1) is 10.8 Å². The molecule has 0 aliphatic carbocycles. The number of rotatable bonds is 2. The van der Waals surface area contributed by atoms with Crippen LogP contribution < -0.4 is 0 Å². The van der Waals surface area contributed by atoms with Crippen LogP contribution in [-0.2, 0) is 0 Å². The molecule has 19 heavy (non-hydrogen) atoms. The van der Waals surface area contributed by atoms with E-state index < -0.39 is 0 Å². The Balaban J connectivity index is 3.34. The van der Waals surface area contributed by atoms with Gasteiger partial charge in [0.1, 0.15) is 0 Å². The van der Waals surface area contributed by atoms with Gasteiger partial charge in [0.25, 0.3) is 0 Å². The van der Waals surface area contributed by atoms with E-state index in [0.717, 1.165) is 19.5 Å². The van der Waals surface area contributed by atoms with E-state index in [1.807, 2.05) is 16.8 Å². The molecule has 0 saturated heterocycles. The molecule has 0 spiro atoms. The largest absolute Gasteiger partial charge is 0.324 e. The maximum absolute atomic E-state index is 12.5. The zero-order valence-electron chi connectivity index (χ0n) is 13.9.